The van der Waals surface area contributed by atoms with Crippen molar-refractivity contribution in [3.63, 3.8) is 0 Å². The Hall–Kier alpha value is -1.38. The second kappa shape index (κ2) is 2.59. The van der Waals surface area contributed by atoms with E-state index in [-0.39, 0.29) is 0 Å². The number of nitrogens with one attached hydrogen (secondary N) is 1. The Morgan fingerprint density at radius 2 is 2.08 bits per heavy atom. The first-order valence-corrected chi connectivity index (χ1v) is 4.19. The molecule has 64 valence electrons. The fourth-order valence-electron chi connectivity index (χ4n) is 1.64. The molecule has 0 radical (unpaired) electrons. The van der Waals surface area contributed by atoms with E-state index in [2.05, 4.69) is 5.32 Å². The van der Waals surface area contributed by atoms with Crippen molar-refractivity contribution in [3.8, 4) is 0 Å². The van der Waals surface area contributed by atoms with Crippen molar-refractivity contribution in [2.45, 2.75) is 12.8 Å². The van der Waals surface area contributed by atoms with E-state index in [1.54, 1.807) is 0 Å². The van der Waals surface area contributed by atoms with Crippen molar-refractivity contribution in [2.24, 2.45) is 0 Å². The van der Waals surface area contributed by atoms with Gasteiger partial charge in [0, 0.05) is 23.6 Å². The van der Waals surface area contributed by atoms with Crippen LogP contribution in [0.5, 0.6) is 0 Å². The quantitative estimate of drug-likeness (QED) is 0.504. The molecule has 1 aliphatic rings. The maximum absolute atomic E-state index is 5.82. The van der Waals surface area contributed by atoms with E-state index in [0.717, 1.165) is 36.4 Å². The van der Waals surface area contributed by atoms with Crippen LogP contribution in [0.15, 0.2) is 12.1 Å². The summed E-state index contributed by atoms with van der Waals surface area (Å²) in [7, 11) is 0. The number of nitrogen functional groups attached to an aromatic ring is 2. The lowest BCUT2D eigenvalue weighted by molar-refractivity contribution is 0.833. The highest BCUT2D eigenvalue weighted by Gasteiger charge is 2.11. The van der Waals surface area contributed by atoms with Crippen molar-refractivity contribution in [1.82, 2.24) is 0 Å². The van der Waals surface area contributed by atoms with Gasteiger partial charge in [-0.25, -0.2) is 0 Å². The zero-order valence-corrected chi connectivity index (χ0v) is 6.93. The van der Waals surface area contributed by atoms with Gasteiger partial charge in [0.05, 0.1) is 0 Å². The van der Waals surface area contributed by atoms with E-state index in [4.69, 9.17) is 11.5 Å². The van der Waals surface area contributed by atoms with Gasteiger partial charge >= 0.3 is 0 Å². The molecular formula is C9H13N3. The lowest BCUT2D eigenvalue weighted by atomic mass is 10.0. The molecule has 0 atom stereocenters. The maximum atomic E-state index is 5.82. The van der Waals surface area contributed by atoms with Crippen LogP contribution in [0.2, 0.25) is 0 Å². The van der Waals surface area contributed by atoms with Crippen molar-refractivity contribution in [1.29, 1.82) is 0 Å². The number of hydrogen-bond donors (Lipinski definition) is 3. The molecule has 0 amide bonds. The molecule has 3 nitrogen and oxygen atoms in total. The average Bonchev–Trinajstić information content (AvgIpc) is 2.04. The van der Waals surface area contributed by atoms with Gasteiger partial charge in [-0.15, -0.1) is 0 Å². The number of hydrogen-bond acceptors (Lipinski definition) is 3. The normalized spacial score (nSPS) is 15.0. The van der Waals surface area contributed by atoms with Crippen LogP contribution in [0, 0.1) is 0 Å². The number of fused-ring (bicyclic) bond motifs is 1. The lowest BCUT2D eigenvalue weighted by Gasteiger charge is -2.19. The van der Waals surface area contributed by atoms with E-state index in [9.17, 15) is 0 Å². The Balaban J connectivity index is 2.53. The summed E-state index contributed by atoms with van der Waals surface area (Å²) < 4.78 is 0. The predicted octanol–water partition coefficient (Wildman–Crippen LogP) is 1.21. The Morgan fingerprint density at radius 3 is 2.92 bits per heavy atom. The standard InChI is InChI=1S/C9H13N3/c10-6-4-8(11)7-2-1-3-12-9(7)5-6/h4-5,12H,1-3,10-11H2. The molecule has 3 heteroatoms. The second-order valence-corrected chi connectivity index (χ2v) is 3.17. The van der Waals surface area contributed by atoms with Crippen molar-refractivity contribution in [3.05, 3.63) is 17.7 Å². The molecule has 0 fully saturated rings. The highest BCUT2D eigenvalue weighted by atomic mass is 14.9. The largest absolute Gasteiger partial charge is 0.399 e. The van der Waals surface area contributed by atoms with Crippen LogP contribution in [0.4, 0.5) is 17.1 Å². The summed E-state index contributed by atoms with van der Waals surface area (Å²) in [6.07, 6.45) is 2.22. The molecule has 1 aromatic carbocycles. The Bertz CT molecular complexity index is 307. The molecule has 1 aromatic rings. The molecule has 0 spiro atoms. The van der Waals surface area contributed by atoms with Gasteiger partial charge in [0.2, 0.25) is 0 Å². The summed E-state index contributed by atoms with van der Waals surface area (Å²) in [6, 6.07) is 3.77. The first-order chi connectivity index (χ1) is 5.77. The third kappa shape index (κ3) is 1.07. The molecule has 0 unspecified atom stereocenters. The van der Waals surface area contributed by atoms with E-state index in [1.165, 1.54) is 5.56 Å². The Kier molecular flexibility index (Phi) is 1.57. The fourth-order valence-corrected chi connectivity index (χ4v) is 1.64. The molecule has 0 bridgehead atoms. The minimum Gasteiger partial charge on any atom is -0.399 e. The number of benzene rings is 1. The van der Waals surface area contributed by atoms with Gasteiger partial charge in [-0.2, -0.15) is 0 Å². The molecule has 0 saturated heterocycles. The van der Waals surface area contributed by atoms with Gasteiger partial charge in [0.1, 0.15) is 0 Å². The third-order valence-electron chi connectivity index (χ3n) is 2.23. The van der Waals surface area contributed by atoms with Crippen LogP contribution >= 0.6 is 0 Å². The summed E-state index contributed by atoms with van der Waals surface area (Å²) in [4.78, 5) is 0. The summed E-state index contributed by atoms with van der Waals surface area (Å²) in [5, 5.41) is 3.28. The minimum atomic E-state index is 0.737. The summed E-state index contributed by atoms with van der Waals surface area (Å²) in [5.41, 5.74) is 15.4. The molecule has 1 heterocycles. The van der Waals surface area contributed by atoms with Crippen LogP contribution in [0.25, 0.3) is 0 Å². The number of rotatable bonds is 0. The molecule has 0 saturated carbocycles. The van der Waals surface area contributed by atoms with Gasteiger partial charge in [0.15, 0.2) is 0 Å². The van der Waals surface area contributed by atoms with Gasteiger partial charge in [-0.05, 0) is 30.5 Å². The van der Waals surface area contributed by atoms with Crippen LogP contribution < -0.4 is 16.8 Å². The average molecular weight is 163 g/mol. The number of anilines is 3. The zero-order chi connectivity index (χ0) is 8.55. The predicted molar refractivity (Wildman–Crippen MR) is 52.1 cm³/mol. The van der Waals surface area contributed by atoms with Crippen LogP contribution in [0.1, 0.15) is 12.0 Å². The van der Waals surface area contributed by atoms with Gasteiger partial charge < -0.3 is 16.8 Å². The van der Waals surface area contributed by atoms with Gasteiger partial charge in [-0.3, -0.25) is 0 Å². The van der Waals surface area contributed by atoms with Gasteiger partial charge in [-0.1, -0.05) is 0 Å². The van der Waals surface area contributed by atoms with E-state index in [0.29, 0.717) is 0 Å². The topological polar surface area (TPSA) is 64.1 Å². The van der Waals surface area contributed by atoms with Crippen molar-refractivity contribution in [2.75, 3.05) is 23.3 Å². The first kappa shape index (κ1) is 7.28. The van der Waals surface area contributed by atoms with Crippen molar-refractivity contribution >= 4 is 17.1 Å². The molecule has 12 heavy (non-hydrogen) atoms. The summed E-state index contributed by atoms with van der Waals surface area (Å²) in [5.74, 6) is 0. The molecular weight excluding hydrogens is 150 g/mol. The Morgan fingerprint density at radius 1 is 1.25 bits per heavy atom. The molecule has 2 rings (SSSR count). The van der Waals surface area contributed by atoms with Crippen LogP contribution in [-0.2, 0) is 6.42 Å². The van der Waals surface area contributed by atoms with Crippen molar-refractivity contribution < 1.29 is 0 Å². The fraction of sp³-hybridized carbons (Fsp3) is 0.333. The lowest BCUT2D eigenvalue weighted by Crippen LogP contribution is -2.13. The third-order valence-corrected chi connectivity index (χ3v) is 2.23. The SMILES string of the molecule is Nc1cc(N)c2c(c1)NCCC2. The van der Waals surface area contributed by atoms with E-state index >= 15 is 0 Å². The zero-order valence-electron chi connectivity index (χ0n) is 6.93. The Labute approximate surface area is 71.8 Å². The molecule has 0 aromatic heterocycles. The van der Waals surface area contributed by atoms with E-state index in [1.807, 2.05) is 12.1 Å². The van der Waals surface area contributed by atoms with Gasteiger partial charge in [0.25, 0.3) is 0 Å². The molecule has 5 N–H and O–H groups in total. The van der Waals surface area contributed by atoms with Crippen LogP contribution in [0.3, 0.4) is 0 Å². The minimum absolute atomic E-state index is 0.737. The summed E-state index contributed by atoms with van der Waals surface area (Å²) in [6.45, 7) is 1.02. The smallest absolute Gasteiger partial charge is 0.0414 e. The molecule has 1 aliphatic heterocycles. The maximum Gasteiger partial charge on any atom is 0.0414 e. The highest BCUT2D eigenvalue weighted by Crippen LogP contribution is 2.29. The monoisotopic (exact) mass is 163 g/mol. The molecule has 0 aliphatic carbocycles. The second-order valence-electron chi connectivity index (χ2n) is 3.17. The first-order valence-electron chi connectivity index (χ1n) is 4.19. The van der Waals surface area contributed by atoms with Crippen LogP contribution in [-0.4, -0.2) is 6.54 Å². The summed E-state index contributed by atoms with van der Waals surface area (Å²) >= 11 is 0. The number of nitrogens with two attached hydrogens (primary N) is 2. The highest BCUT2D eigenvalue weighted by molar-refractivity contribution is 5.71. The van der Waals surface area contributed by atoms with E-state index < -0.39 is 0 Å².